The first kappa shape index (κ1) is 22.1. The van der Waals surface area contributed by atoms with Crippen LogP contribution in [0.5, 0.6) is 0 Å². The van der Waals surface area contributed by atoms with E-state index in [2.05, 4.69) is 19.1 Å². The van der Waals surface area contributed by atoms with Crippen LogP contribution in [0, 0.1) is 12.7 Å². The fourth-order valence-electron chi connectivity index (χ4n) is 3.82. The predicted octanol–water partition coefficient (Wildman–Crippen LogP) is 6.14. The SMILES string of the molecule is CCc1ccc(-c2csc3nc(C(C)C)n(CC(=O)c4ccc(F)c(C)c4)c(=O)c23)cc1. The first-order valence-electron chi connectivity index (χ1n) is 10.7. The second-order valence-electron chi connectivity index (χ2n) is 8.28. The molecule has 0 saturated heterocycles. The topological polar surface area (TPSA) is 52.0 Å². The maximum atomic E-state index is 13.6. The minimum absolute atomic E-state index is 0.0377. The average Bonchev–Trinajstić information content (AvgIpc) is 3.21. The molecule has 0 aliphatic carbocycles. The van der Waals surface area contributed by atoms with Crippen LogP contribution in [0.1, 0.15) is 54.0 Å². The van der Waals surface area contributed by atoms with Crippen molar-refractivity contribution in [1.82, 2.24) is 9.55 Å². The van der Waals surface area contributed by atoms with E-state index in [0.717, 1.165) is 17.5 Å². The monoisotopic (exact) mass is 448 g/mol. The maximum Gasteiger partial charge on any atom is 0.263 e. The van der Waals surface area contributed by atoms with Gasteiger partial charge in [-0.1, -0.05) is 45.0 Å². The zero-order chi connectivity index (χ0) is 23.0. The van der Waals surface area contributed by atoms with Crippen molar-refractivity contribution in [3.05, 3.63) is 86.5 Å². The number of carbonyl (C=O) groups excluding carboxylic acids is 1. The number of halogens is 1. The first-order valence-corrected chi connectivity index (χ1v) is 11.6. The van der Waals surface area contributed by atoms with Crippen LogP contribution >= 0.6 is 11.3 Å². The summed E-state index contributed by atoms with van der Waals surface area (Å²) < 4.78 is 15.1. The van der Waals surface area contributed by atoms with Gasteiger partial charge in [-0.05, 0) is 48.2 Å². The van der Waals surface area contributed by atoms with Crippen LogP contribution < -0.4 is 5.56 Å². The number of fused-ring (bicyclic) bond motifs is 1. The van der Waals surface area contributed by atoms with Crippen LogP contribution in [0.25, 0.3) is 21.3 Å². The third kappa shape index (κ3) is 4.02. The van der Waals surface area contributed by atoms with Gasteiger partial charge in [0, 0.05) is 22.4 Å². The van der Waals surface area contributed by atoms with Gasteiger partial charge in [-0.25, -0.2) is 9.37 Å². The minimum atomic E-state index is -0.360. The second-order valence-corrected chi connectivity index (χ2v) is 9.14. The van der Waals surface area contributed by atoms with Crippen LogP contribution in [-0.2, 0) is 13.0 Å². The lowest BCUT2D eigenvalue weighted by molar-refractivity contribution is 0.0969. The molecule has 164 valence electrons. The molecular weight excluding hydrogens is 423 g/mol. The van der Waals surface area contributed by atoms with Crippen LogP contribution in [0.2, 0.25) is 0 Å². The smallest absolute Gasteiger partial charge is 0.263 e. The van der Waals surface area contributed by atoms with E-state index in [4.69, 9.17) is 4.98 Å². The van der Waals surface area contributed by atoms with Crippen molar-refractivity contribution >= 4 is 27.3 Å². The molecule has 0 radical (unpaired) electrons. The Labute approximate surface area is 190 Å². The van der Waals surface area contributed by atoms with Crippen LogP contribution in [0.3, 0.4) is 0 Å². The number of nitrogens with zero attached hydrogens (tertiary/aromatic N) is 2. The highest BCUT2D eigenvalue weighted by Gasteiger charge is 2.21. The van der Waals surface area contributed by atoms with E-state index < -0.39 is 0 Å². The number of hydrogen-bond donors (Lipinski definition) is 0. The van der Waals surface area contributed by atoms with Crippen molar-refractivity contribution in [3.63, 3.8) is 0 Å². The summed E-state index contributed by atoms with van der Waals surface area (Å²) in [6.45, 7) is 7.49. The number of Topliss-reactive ketones (excluding diaryl/α,β-unsaturated/α-hetero) is 1. The summed E-state index contributed by atoms with van der Waals surface area (Å²) in [7, 11) is 0. The van der Waals surface area contributed by atoms with E-state index in [1.807, 2.05) is 31.4 Å². The van der Waals surface area contributed by atoms with E-state index in [1.165, 1.54) is 39.7 Å². The van der Waals surface area contributed by atoms with E-state index in [1.54, 1.807) is 6.92 Å². The van der Waals surface area contributed by atoms with Crippen LogP contribution in [0.4, 0.5) is 4.39 Å². The summed E-state index contributed by atoms with van der Waals surface area (Å²) in [5.41, 5.74) is 3.58. The van der Waals surface area contributed by atoms with Crippen molar-refractivity contribution in [3.8, 4) is 11.1 Å². The van der Waals surface area contributed by atoms with Gasteiger partial charge < -0.3 is 0 Å². The Morgan fingerprint density at radius 2 is 1.88 bits per heavy atom. The predicted molar refractivity (Wildman–Crippen MR) is 128 cm³/mol. The molecule has 0 atom stereocenters. The third-order valence-electron chi connectivity index (χ3n) is 5.69. The Kier molecular flexibility index (Phi) is 6.07. The number of aromatic nitrogens is 2. The number of ketones is 1. The van der Waals surface area contributed by atoms with E-state index in [9.17, 15) is 14.0 Å². The second kappa shape index (κ2) is 8.79. The van der Waals surface area contributed by atoms with Crippen molar-refractivity contribution < 1.29 is 9.18 Å². The summed E-state index contributed by atoms with van der Waals surface area (Å²) in [6.07, 6.45) is 0.946. The Hall–Kier alpha value is -3.12. The van der Waals surface area contributed by atoms with Crippen LogP contribution in [-0.4, -0.2) is 15.3 Å². The Morgan fingerprint density at radius 3 is 2.50 bits per heavy atom. The zero-order valence-corrected chi connectivity index (χ0v) is 19.4. The molecule has 0 amide bonds. The number of aryl methyl sites for hydroxylation is 2. The highest BCUT2D eigenvalue weighted by atomic mass is 32.1. The molecule has 4 aromatic rings. The third-order valence-corrected chi connectivity index (χ3v) is 6.57. The fourth-order valence-corrected chi connectivity index (χ4v) is 4.76. The van der Waals surface area contributed by atoms with Gasteiger partial charge in [-0.15, -0.1) is 11.3 Å². The zero-order valence-electron chi connectivity index (χ0n) is 18.6. The number of carbonyl (C=O) groups is 1. The van der Waals surface area contributed by atoms with Gasteiger partial charge >= 0.3 is 0 Å². The fraction of sp³-hybridized carbons (Fsp3) is 0.269. The summed E-state index contributed by atoms with van der Waals surface area (Å²) in [4.78, 5) is 32.1. The van der Waals surface area contributed by atoms with Gasteiger partial charge in [-0.2, -0.15) is 0 Å². The first-order chi connectivity index (χ1) is 15.3. The molecule has 0 unspecified atom stereocenters. The van der Waals surface area contributed by atoms with Gasteiger partial charge in [-0.3, -0.25) is 14.2 Å². The van der Waals surface area contributed by atoms with Gasteiger partial charge in [0.1, 0.15) is 16.5 Å². The van der Waals surface area contributed by atoms with E-state index >= 15 is 0 Å². The molecule has 4 rings (SSSR count). The Bertz CT molecular complexity index is 1370. The van der Waals surface area contributed by atoms with Gasteiger partial charge in [0.25, 0.3) is 5.56 Å². The highest BCUT2D eigenvalue weighted by Crippen LogP contribution is 2.32. The summed E-state index contributed by atoms with van der Waals surface area (Å²) in [5.74, 6) is -0.0716. The quantitative estimate of drug-likeness (QED) is 0.333. The molecule has 4 nitrogen and oxygen atoms in total. The lowest BCUT2D eigenvalue weighted by atomic mass is 10.0. The van der Waals surface area contributed by atoms with E-state index in [0.29, 0.717) is 27.2 Å². The molecular formula is C26H25FN2O2S. The Balaban J connectivity index is 1.84. The summed E-state index contributed by atoms with van der Waals surface area (Å²) in [6, 6.07) is 12.4. The standard InChI is InChI=1S/C26H25FN2O2S/c1-5-17-6-8-18(9-7-17)20-14-32-25-23(20)26(31)29(24(28-25)15(2)3)13-22(30)19-10-11-21(27)16(4)12-19/h6-12,14-15H,5,13H2,1-4H3. The van der Waals surface area contributed by atoms with Crippen molar-refractivity contribution in [1.29, 1.82) is 0 Å². The van der Waals surface area contributed by atoms with Crippen molar-refractivity contribution in [2.45, 2.75) is 46.6 Å². The molecule has 0 fully saturated rings. The van der Waals surface area contributed by atoms with Crippen molar-refractivity contribution in [2.75, 3.05) is 0 Å². The molecule has 2 aromatic carbocycles. The van der Waals surface area contributed by atoms with Gasteiger partial charge in [0.2, 0.25) is 0 Å². The van der Waals surface area contributed by atoms with Crippen molar-refractivity contribution in [2.24, 2.45) is 0 Å². The number of thiophene rings is 1. The molecule has 0 aliphatic heterocycles. The lowest BCUT2D eigenvalue weighted by Crippen LogP contribution is -2.29. The molecule has 0 aliphatic rings. The highest BCUT2D eigenvalue weighted by molar-refractivity contribution is 7.17. The van der Waals surface area contributed by atoms with Gasteiger partial charge in [0.05, 0.1) is 11.9 Å². The largest absolute Gasteiger partial charge is 0.292 e. The van der Waals surface area contributed by atoms with E-state index in [-0.39, 0.29) is 29.6 Å². The molecule has 32 heavy (non-hydrogen) atoms. The summed E-state index contributed by atoms with van der Waals surface area (Å²) in [5, 5.41) is 2.49. The minimum Gasteiger partial charge on any atom is -0.292 e. The molecule has 0 N–H and O–H groups in total. The lowest BCUT2D eigenvalue weighted by Gasteiger charge is -2.15. The number of benzene rings is 2. The molecule has 0 bridgehead atoms. The summed E-state index contributed by atoms with van der Waals surface area (Å²) >= 11 is 1.44. The molecule has 0 spiro atoms. The normalized spacial score (nSPS) is 11.4. The average molecular weight is 449 g/mol. The molecule has 2 heterocycles. The van der Waals surface area contributed by atoms with Crippen LogP contribution in [0.15, 0.2) is 52.6 Å². The molecule has 2 aromatic heterocycles. The maximum absolute atomic E-state index is 13.6. The molecule has 6 heteroatoms. The number of hydrogen-bond acceptors (Lipinski definition) is 4. The Morgan fingerprint density at radius 1 is 1.16 bits per heavy atom. The molecule has 0 saturated carbocycles. The van der Waals surface area contributed by atoms with Gasteiger partial charge in [0.15, 0.2) is 5.78 Å². The number of rotatable bonds is 6.